The van der Waals surface area contributed by atoms with E-state index >= 15 is 0 Å². The third kappa shape index (κ3) is 42.6. The summed E-state index contributed by atoms with van der Waals surface area (Å²) in [4.78, 5) is 37.7. The van der Waals surface area contributed by atoms with Gasteiger partial charge in [-0.3, -0.25) is 14.4 Å². The topological polar surface area (TPSA) is 78.9 Å². The Labute approximate surface area is 340 Å². The van der Waals surface area contributed by atoms with E-state index in [2.05, 4.69) is 57.2 Å². The molecule has 6 heteroatoms. The fourth-order valence-electron chi connectivity index (χ4n) is 6.58. The second-order valence-electron chi connectivity index (χ2n) is 15.6. The number of allylic oxidation sites excluding steroid dienone is 6. The molecule has 0 aromatic heterocycles. The highest BCUT2D eigenvalue weighted by atomic mass is 16.6. The Morgan fingerprint density at radius 3 is 1.16 bits per heavy atom. The highest BCUT2D eigenvalue weighted by Crippen LogP contribution is 2.15. The van der Waals surface area contributed by atoms with Crippen molar-refractivity contribution in [3.8, 4) is 0 Å². The van der Waals surface area contributed by atoms with Gasteiger partial charge in [-0.05, 0) is 64.2 Å². The zero-order valence-electron chi connectivity index (χ0n) is 36.4. The summed E-state index contributed by atoms with van der Waals surface area (Å²) in [6.07, 6.45) is 49.8. The van der Waals surface area contributed by atoms with Gasteiger partial charge in [0.05, 0.1) is 0 Å². The highest BCUT2D eigenvalue weighted by molar-refractivity contribution is 5.71. The van der Waals surface area contributed by atoms with Gasteiger partial charge >= 0.3 is 17.9 Å². The minimum absolute atomic E-state index is 0.0769. The molecule has 6 nitrogen and oxygen atoms in total. The van der Waals surface area contributed by atoms with E-state index in [0.29, 0.717) is 19.3 Å². The maximum atomic E-state index is 12.7. The lowest BCUT2D eigenvalue weighted by atomic mass is 10.0. The van der Waals surface area contributed by atoms with Gasteiger partial charge < -0.3 is 14.2 Å². The van der Waals surface area contributed by atoms with Gasteiger partial charge in [0, 0.05) is 19.3 Å². The van der Waals surface area contributed by atoms with E-state index in [4.69, 9.17) is 14.2 Å². The predicted molar refractivity (Wildman–Crippen MR) is 233 cm³/mol. The Hall–Kier alpha value is -2.37. The molecule has 1 atom stereocenters. The Bertz CT molecular complexity index is 938. The maximum absolute atomic E-state index is 12.7. The molecule has 0 N–H and O–H groups in total. The molecule has 0 aromatic rings. The Morgan fingerprint density at radius 1 is 0.382 bits per heavy atom. The van der Waals surface area contributed by atoms with Gasteiger partial charge in [0.2, 0.25) is 0 Å². The molecule has 0 saturated heterocycles. The molecule has 0 radical (unpaired) electrons. The zero-order valence-corrected chi connectivity index (χ0v) is 36.4. The Kier molecular flexibility index (Phi) is 42.4. The Morgan fingerprint density at radius 2 is 0.727 bits per heavy atom. The first-order valence-electron chi connectivity index (χ1n) is 23.5. The van der Waals surface area contributed by atoms with Gasteiger partial charge in [-0.1, -0.05) is 192 Å². The molecule has 0 fully saturated rings. The number of hydrogen-bond acceptors (Lipinski definition) is 6. The van der Waals surface area contributed by atoms with E-state index in [9.17, 15) is 14.4 Å². The zero-order chi connectivity index (χ0) is 40.1. The van der Waals surface area contributed by atoms with Gasteiger partial charge in [-0.25, -0.2) is 0 Å². The van der Waals surface area contributed by atoms with Gasteiger partial charge in [-0.15, -0.1) is 0 Å². The van der Waals surface area contributed by atoms with Crippen molar-refractivity contribution in [2.24, 2.45) is 0 Å². The van der Waals surface area contributed by atoms with Crippen molar-refractivity contribution in [1.29, 1.82) is 0 Å². The summed E-state index contributed by atoms with van der Waals surface area (Å²) in [5, 5.41) is 0. The van der Waals surface area contributed by atoms with Crippen LogP contribution >= 0.6 is 0 Å². The van der Waals surface area contributed by atoms with Crippen LogP contribution in [0.4, 0.5) is 0 Å². The second-order valence-corrected chi connectivity index (χ2v) is 15.6. The summed E-state index contributed by atoms with van der Waals surface area (Å²) in [7, 11) is 0. The molecule has 0 rings (SSSR count). The lowest BCUT2D eigenvalue weighted by Gasteiger charge is -2.18. The van der Waals surface area contributed by atoms with Gasteiger partial charge in [0.25, 0.3) is 0 Å². The minimum atomic E-state index is -0.772. The predicted octanol–water partition coefficient (Wildman–Crippen LogP) is 15.0. The minimum Gasteiger partial charge on any atom is -0.462 e. The third-order valence-corrected chi connectivity index (χ3v) is 10.1. The van der Waals surface area contributed by atoms with E-state index in [-0.39, 0.29) is 31.1 Å². The van der Waals surface area contributed by atoms with Crippen LogP contribution in [-0.4, -0.2) is 37.2 Å². The third-order valence-electron chi connectivity index (χ3n) is 10.1. The Balaban J connectivity index is 4.37. The first-order valence-corrected chi connectivity index (χ1v) is 23.5. The first kappa shape index (κ1) is 52.6. The number of unbranched alkanes of at least 4 members (excludes halogenated alkanes) is 25. The largest absolute Gasteiger partial charge is 0.462 e. The molecule has 0 aliphatic carbocycles. The normalized spacial score (nSPS) is 12.3. The van der Waals surface area contributed by atoms with E-state index in [0.717, 1.165) is 83.5 Å². The SMILES string of the molecule is CC/C=C\C/C=C\CCCCCCCCCC(=O)OCC(COC(=O)CCCCCCC/C=C\CCCC)OC(=O)CCCCCCCCCCCCCC. The molecule has 320 valence electrons. The van der Waals surface area contributed by atoms with Crippen molar-refractivity contribution < 1.29 is 28.6 Å². The quantitative estimate of drug-likeness (QED) is 0.0266. The van der Waals surface area contributed by atoms with Crippen molar-refractivity contribution in [1.82, 2.24) is 0 Å². The average Bonchev–Trinajstić information content (AvgIpc) is 3.18. The standard InChI is InChI=1S/C49H88O6/c1-4-7-10-13-16-19-22-24-25-28-30-33-36-39-42-48(51)54-45-46(44-53-47(50)41-38-35-32-29-26-21-18-15-12-9-6-3)55-49(52)43-40-37-34-31-27-23-20-17-14-11-8-5-2/h7,10,15-16,18-19,46H,4-6,8-9,11-14,17,20-45H2,1-3H3/b10-7-,18-15-,19-16-. The summed E-state index contributed by atoms with van der Waals surface area (Å²) in [6, 6.07) is 0. The molecular formula is C49H88O6. The highest BCUT2D eigenvalue weighted by Gasteiger charge is 2.19. The lowest BCUT2D eigenvalue weighted by Crippen LogP contribution is -2.30. The van der Waals surface area contributed by atoms with Crippen molar-refractivity contribution in [3.63, 3.8) is 0 Å². The van der Waals surface area contributed by atoms with Crippen molar-refractivity contribution >= 4 is 17.9 Å². The van der Waals surface area contributed by atoms with Gasteiger partial charge in [0.1, 0.15) is 13.2 Å². The van der Waals surface area contributed by atoms with Gasteiger partial charge in [0.15, 0.2) is 6.10 Å². The van der Waals surface area contributed by atoms with Crippen LogP contribution in [0.2, 0.25) is 0 Å². The summed E-state index contributed by atoms with van der Waals surface area (Å²) in [5.41, 5.74) is 0. The summed E-state index contributed by atoms with van der Waals surface area (Å²) in [6.45, 7) is 6.48. The number of hydrogen-bond donors (Lipinski definition) is 0. The monoisotopic (exact) mass is 773 g/mol. The van der Waals surface area contributed by atoms with Crippen LogP contribution < -0.4 is 0 Å². The van der Waals surface area contributed by atoms with Crippen molar-refractivity contribution in [2.75, 3.05) is 13.2 Å². The van der Waals surface area contributed by atoms with Crippen LogP contribution in [0.15, 0.2) is 36.5 Å². The maximum Gasteiger partial charge on any atom is 0.306 e. The summed E-state index contributed by atoms with van der Waals surface area (Å²) in [5.74, 6) is -0.890. The van der Waals surface area contributed by atoms with E-state index in [1.807, 2.05) is 0 Å². The van der Waals surface area contributed by atoms with E-state index in [1.54, 1.807) is 0 Å². The smallest absolute Gasteiger partial charge is 0.306 e. The molecule has 0 aliphatic heterocycles. The van der Waals surface area contributed by atoms with Crippen LogP contribution in [0, 0.1) is 0 Å². The molecule has 0 aromatic carbocycles. The van der Waals surface area contributed by atoms with Crippen molar-refractivity contribution in [2.45, 2.75) is 245 Å². The van der Waals surface area contributed by atoms with Crippen LogP contribution in [0.5, 0.6) is 0 Å². The first-order chi connectivity index (χ1) is 27.0. The number of carbonyl (C=O) groups excluding carboxylic acids is 3. The van der Waals surface area contributed by atoms with E-state index < -0.39 is 6.10 Å². The molecule has 0 aliphatic rings. The number of ether oxygens (including phenoxy) is 3. The average molecular weight is 773 g/mol. The fourth-order valence-corrected chi connectivity index (χ4v) is 6.58. The van der Waals surface area contributed by atoms with Gasteiger partial charge in [-0.2, -0.15) is 0 Å². The molecule has 0 amide bonds. The van der Waals surface area contributed by atoms with Crippen LogP contribution in [0.3, 0.4) is 0 Å². The van der Waals surface area contributed by atoms with Crippen LogP contribution in [0.25, 0.3) is 0 Å². The number of rotatable bonds is 42. The van der Waals surface area contributed by atoms with Crippen LogP contribution in [-0.2, 0) is 28.6 Å². The molecule has 0 saturated carbocycles. The summed E-state index contributed by atoms with van der Waals surface area (Å²) >= 11 is 0. The van der Waals surface area contributed by atoms with E-state index in [1.165, 1.54) is 116 Å². The fraction of sp³-hybridized carbons (Fsp3) is 0.816. The molecule has 0 bridgehead atoms. The number of esters is 3. The summed E-state index contributed by atoms with van der Waals surface area (Å²) < 4.78 is 16.7. The van der Waals surface area contributed by atoms with Crippen molar-refractivity contribution in [3.05, 3.63) is 36.5 Å². The second kappa shape index (κ2) is 44.3. The molecule has 0 spiro atoms. The van der Waals surface area contributed by atoms with Crippen LogP contribution in [0.1, 0.15) is 239 Å². The molecular weight excluding hydrogens is 685 g/mol. The molecule has 1 unspecified atom stereocenters. The molecule has 55 heavy (non-hydrogen) atoms. The lowest BCUT2D eigenvalue weighted by molar-refractivity contribution is -0.167. The number of carbonyl (C=O) groups is 3. The molecule has 0 heterocycles.